The molecule has 0 radical (unpaired) electrons. The standard InChI is InChI=1S/C22H42O4.2C6H5.Sn/c1-3-5-7-9-11-13-17-22(21(25)26,19-15-16-20(23)24)18-14-12-10-8-6-4-2;2*1-2-4-6-5-3-1;/h3-19H2,1-2H3,(H,23,24)(H,25,26);2*1-5H;/q;;;+2/p-2. The van der Waals surface area contributed by atoms with Gasteiger partial charge in [0.1, 0.15) is 0 Å². The van der Waals surface area contributed by atoms with E-state index >= 15 is 0 Å². The number of hydrogen-bond acceptors (Lipinski definition) is 4. The van der Waals surface area contributed by atoms with E-state index in [4.69, 9.17) is 0 Å². The average Bonchev–Trinajstić information content (AvgIpc) is 2.93. The van der Waals surface area contributed by atoms with Gasteiger partial charge in [0, 0.05) is 17.4 Å². The summed E-state index contributed by atoms with van der Waals surface area (Å²) in [5.41, 5.74) is -0.856. The summed E-state index contributed by atoms with van der Waals surface area (Å²) in [5.74, 6) is -2.09. The van der Waals surface area contributed by atoms with Crippen LogP contribution < -0.4 is 17.4 Å². The molecule has 0 spiro atoms. The Morgan fingerprint density at radius 2 is 0.974 bits per heavy atom. The van der Waals surface area contributed by atoms with E-state index < -0.39 is 38.5 Å². The zero-order valence-corrected chi connectivity index (χ0v) is 27.3. The van der Waals surface area contributed by atoms with Gasteiger partial charge >= 0.3 is 89.0 Å². The van der Waals surface area contributed by atoms with E-state index in [2.05, 4.69) is 74.5 Å². The molecule has 0 saturated carbocycles. The number of carbonyl (C=O) groups excluding carboxylic acids is 2. The fraction of sp³-hybridized carbons (Fsp3) is 0.588. The Labute approximate surface area is 248 Å². The molecule has 0 aromatic heterocycles. The van der Waals surface area contributed by atoms with E-state index in [1.54, 1.807) is 0 Å². The number of carbonyl (C=O) groups is 2. The molecule has 0 bridgehead atoms. The van der Waals surface area contributed by atoms with Gasteiger partial charge in [-0.1, -0.05) is 90.9 Å². The second kappa shape index (κ2) is 22.9. The molecular formula is C34H50O4Sn. The molecule has 0 heterocycles. The molecule has 5 heteroatoms. The number of benzene rings is 2. The van der Waals surface area contributed by atoms with Crippen LogP contribution in [0.1, 0.15) is 123 Å². The molecule has 0 amide bonds. The van der Waals surface area contributed by atoms with Crippen LogP contribution in [0.5, 0.6) is 0 Å². The first-order valence-electron chi connectivity index (χ1n) is 15.2. The van der Waals surface area contributed by atoms with Gasteiger partial charge in [-0.25, -0.2) is 0 Å². The minimum absolute atomic E-state index is 0.0674. The van der Waals surface area contributed by atoms with Crippen LogP contribution in [0, 0.1) is 5.41 Å². The normalized spacial score (nSPS) is 10.8. The Balaban J connectivity index is 0.000000480. The van der Waals surface area contributed by atoms with E-state index in [-0.39, 0.29) is 6.42 Å². The fourth-order valence-corrected chi connectivity index (χ4v) is 7.95. The van der Waals surface area contributed by atoms with Crippen LogP contribution in [0.25, 0.3) is 0 Å². The van der Waals surface area contributed by atoms with E-state index in [0.29, 0.717) is 25.7 Å². The molecule has 4 nitrogen and oxygen atoms in total. The summed E-state index contributed by atoms with van der Waals surface area (Å²) < 4.78 is 3.08. The Kier molecular flexibility index (Phi) is 20.7. The number of carboxylic acids is 2. The van der Waals surface area contributed by atoms with Crippen molar-refractivity contribution in [3.63, 3.8) is 0 Å². The van der Waals surface area contributed by atoms with Gasteiger partial charge in [-0.3, -0.25) is 0 Å². The van der Waals surface area contributed by atoms with Crippen LogP contribution in [0.2, 0.25) is 0 Å². The van der Waals surface area contributed by atoms with Crippen LogP contribution in [0.3, 0.4) is 0 Å². The van der Waals surface area contributed by atoms with Crippen molar-refractivity contribution in [2.75, 3.05) is 0 Å². The Hall–Kier alpha value is -1.82. The Morgan fingerprint density at radius 1 is 0.590 bits per heavy atom. The van der Waals surface area contributed by atoms with Crippen molar-refractivity contribution in [2.24, 2.45) is 5.41 Å². The van der Waals surface area contributed by atoms with Crippen LogP contribution >= 0.6 is 0 Å². The first kappa shape index (κ1) is 35.2. The van der Waals surface area contributed by atoms with Crippen molar-refractivity contribution in [1.82, 2.24) is 0 Å². The van der Waals surface area contributed by atoms with Crippen LogP contribution in [0.15, 0.2) is 60.7 Å². The van der Waals surface area contributed by atoms with Gasteiger partial charge < -0.3 is 19.8 Å². The molecule has 0 aliphatic rings. The summed E-state index contributed by atoms with van der Waals surface area (Å²) in [6, 6.07) is 21.6. The Morgan fingerprint density at radius 3 is 1.36 bits per heavy atom. The SMILES string of the molecule is CCCCCCCCC(CCCCCCCC)(CCCC(=O)[O-])C(=O)[O-].c1cc[c]([Sn+2][c]2ccccc2)cc1. The third-order valence-electron chi connectivity index (χ3n) is 7.32. The first-order valence-corrected chi connectivity index (χ1v) is 18.1. The molecule has 2 rings (SSSR count). The summed E-state index contributed by atoms with van der Waals surface area (Å²) >= 11 is -0.517. The van der Waals surface area contributed by atoms with Crippen LogP contribution in [-0.4, -0.2) is 33.1 Å². The summed E-state index contributed by atoms with van der Waals surface area (Å²) in [4.78, 5) is 22.7. The molecule has 0 aliphatic heterocycles. The van der Waals surface area contributed by atoms with E-state index in [1.807, 2.05) is 0 Å². The Bertz CT molecular complexity index is 816. The number of unbranched alkanes of at least 4 members (excludes halogenated alkanes) is 10. The molecule has 2 aromatic rings. The van der Waals surface area contributed by atoms with Crippen molar-refractivity contribution >= 4 is 40.2 Å². The maximum absolute atomic E-state index is 12.0. The number of rotatable bonds is 21. The monoisotopic (exact) mass is 642 g/mol. The van der Waals surface area contributed by atoms with E-state index in [1.165, 1.54) is 45.7 Å². The average molecular weight is 641 g/mol. The number of aliphatic carboxylic acids is 2. The molecule has 0 fully saturated rings. The molecule has 214 valence electrons. The molecule has 2 aromatic carbocycles. The molecular weight excluding hydrogens is 591 g/mol. The van der Waals surface area contributed by atoms with Gasteiger partial charge in [-0.2, -0.15) is 0 Å². The van der Waals surface area contributed by atoms with E-state index in [0.717, 1.165) is 38.5 Å². The predicted molar refractivity (Wildman–Crippen MR) is 160 cm³/mol. The van der Waals surface area contributed by atoms with E-state index in [9.17, 15) is 19.8 Å². The van der Waals surface area contributed by atoms with Crippen molar-refractivity contribution in [2.45, 2.75) is 123 Å². The van der Waals surface area contributed by atoms with Gasteiger partial charge in [0.15, 0.2) is 0 Å². The van der Waals surface area contributed by atoms with Crippen LogP contribution in [0.4, 0.5) is 0 Å². The topological polar surface area (TPSA) is 80.3 Å². The van der Waals surface area contributed by atoms with Gasteiger partial charge in [-0.15, -0.1) is 0 Å². The van der Waals surface area contributed by atoms with Crippen molar-refractivity contribution in [3.8, 4) is 0 Å². The number of hydrogen-bond donors (Lipinski definition) is 0. The van der Waals surface area contributed by atoms with Crippen molar-refractivity contribution < 1.29 is 19.8 Å². The van der Waals surface area contributed by atoms with Gasteiger partial charge in [0.2, 0.25) is 0 Å². The zero-order valence-electron chi connectivity index (χ0n) is 24.4. The van der Waals surface area contributed by atoms with Gasteiger partial charge in [0.05, 0.1) is 0 Å². The van der Waals surface area contributed by atoms with Crippen molar-refractivity contribution in [3.05, 3.63) is 60.7 Å². The maximum atomic E-state index is 12.0. The molecule has 0 N–H and O–H groups in total. The van der Waals surface area contributed by atoms with Gasteiger partial charge in [0.25, 0.3) is 0 Å². The van der Waals surface area contributed by atoms with Crippen molar-refractivity contribution in [1.29, 1.82) is 0 Å². The summed E-state index contributed by atoms with van der Waals surface area (Å²) in [5, 5.41) is 22.7. The third kappa shape index (κ3) is 17.5. The predicted octanol–water partition coefficient (Wildman–Crippen LogP) is 5.49. The second-order valence-electron chi connectivity index (χ2n) is 10.7. The molecule has 0 saturated heterocycles. The molecule has 0 unspecified atom stereocenters. The summed E-state index contributed by atoms with van der Waals surface area (Å²) in [6.45, 7) is 4.36. The quantitative estimate of drug-likeness (QED) is 0.134. The molecule has 39 heavy (non-hydrogen) atoms. The number of carboxylic acid groups (broad SMARTS) is 2. The molecule has 0 atom stereocenters. The first-order chi connectivity index (χ1) is 18.9. The minimum atomic E-state index is -1.10. The third-order valence-corrected chi connectivity index (χ3v) is 10.9. The summed E-state index contributed by atoms with van der Waals surface area (Å²) in [7, 11) is 0. The fourth-order valence-electron chi connectivity index (χ4n) is 4.95. The zero-order chi connectivity index (χ0) is 28.6. The second-order valence-corrected chi connectivity index (χ2v) is 14.7. The van der Waals surface area contributed by atoms with Gasteiger partial charge in [-0.05, 0) is 32.1 Å². The van der Waals surface area contributed by atoms with Crippen LogP contribution in [-0.2, 0) is 9.59 Å². The summed E-state index contributed by atoms with van der Waals surface area (Å²) in [6.07, 6.45) is 15.4. The molecule has 0 aliphatic carbocycles.